The van der Waals surface area contributed by atoms with E-state index >= 15 is 0 Å². The van der Waals surface area contributed by atoms with E-state index in [1.807, 2.05) is 0 Å². The number of rotatable bonds is 6. The van der Waals surface area contributed by atoms with Crippen LogP contribution in [0, 0.1) is 17.0 Å². The van der Waals surface area contributed by atoms with Gasteiger partial charge in [-0.25, -0.2) is 9.69 Å². The molecule has 0 saturated heterocycles. The van der Waals surface area contributed by atoms with Crippen molar-refractivity contribution in [3.63, 3.8) is 0 Å². The number of amides is 3. The number of nitrogens with zero attached hydrogens (tertiary/aromatic N) is 2. The standard InChI is InChI=1S/C20H15N3O7/c1-12-5-6-14(10-16(12)23(28)29)21-17(24)11-30-20(27)13-3-2-4-15(9-13)22-18(25)7-8-19(22)26/h2-10H,11H2,1H3,(H,21,24). The van der Waals surface area contributed by atoms with Crippen LogP contribution in [0.4, 0.5) is 17.1 Å². The van der Waals surface area contributed by atoms with Gasteiger partial charge in [0.25, 0.3) is 23.4 Å². The predicted octanol–water partition coefficient (Wildman–Crippen LogP) is 2.13. The summed E-state index contributed by atoms with van der Waals surface area (Å²) in [7, 11) is 0. The average molecular weight is 409 g/mol. The number of carbonyl (C=O) groups is 4. The molecule has 10 nitrogen and oxygen atoms in total. The lowest BCUT2D eigenvalue weighted by Gasteiger charge is -2.14. The van der Waals surface area contributed by atoms with Crippen LogP contribution in [0.1, 0.15) is 15.9 Å². The Morgan fingerprint density at radius 3 is 2.47 bits per heavy atom. The molecule has 0 saturated carbocycles. The van der Waals surface area contributed by atoms with Crippen LogP contribution in [0.25, 0.3) is 0 Å². The molecular formula is C20H15N3O7. The first-order chi connectivity index (χ1) is 14.3. The maximum atomic E-state index is 12.2. The third-order valence-electron chi connectivity index (χ3n) is 4.17. The van der Waals surface area contributed by atoms with Crippen molar-refractivity contribution in [2.45, 2.75) is 6.92 Å². The third kappa shape index (κ3) is 4.38. The Bertz CT molecular complexity index is 1090. The maximum Gasteiger partial charge on any atom is 0.338 e. The summed E-state index contributed by atoms with van der Waals surface area (Å²) < 4.78 is 4.95. The monoisotopic (exact) mass is 409 g/mol. The van der Waals surface area contributed by atoms with Crippen LogP contribution in [0.3, 0.4) is 0 Å². The molecule has 10 heteroatoms. The molecule has 30 heavy (non-hydrogen) atoms. The fraction of sp³-hybridized carbons (Fsp3) is 0.100. The van der Waals surface area contributed by atoms with E-state index in [-0.39, 0.29) is 22.6 Å². The summed E-state index contributed by atoms with van der Waals surface area (Å²) in [6, 6.07) is 9.84. The number of hydrogen-bond donors (Lipinski definition) is 1. The van der Waals surface area contributed by atoms with Gasteiger partial charge in [0.1, 0.15) is 0 Å². The van der Waals surface area contributed by atoms with Crippen molar-refractivity contribution in [2.75, 3.05) is 16.8 Å². The highest BCUT2D eigenvalue weighted by Gasteiger charge is 2.25. The fourth-order valence-electron chi connectivity index (χ4n) is 2.72. The Kier molecular flexibility index (Phi) is 5.68. The van der Waals surface area contributed by atoms with E-state index < -0.39 is 35.2 Å². The normalized spacial score (nSPS) is 12.8. The molecule has 0 unspecified atom stereocenters. The highest BCUT2D eigenvalue weighted by Crippen LogP contribution is 2.23. The fourth-order valence-corrected chi connectivity index (χ4v) is 2.72. The molecule has 1 aliphatic rings. The molecule has 2 aromatic carbocycles. The number of hydrogen-bond acceptors (Lipinski definition) is 7. The van der Waals surface area contributed by atoms with Crippen molar-refractivity contribution in [1.82, 2.24) is 0 Å². The van der Waals surface area contributed by atoms with E-state index in [9.17, 15) is 29.3 Å². The Balaban J connectivity index is 1.62. The van der Waals surface area contributed by atoms with Crippen molar-refractivity contribution < 1.29 is 28.8 Å². The summed E-state index contributed by atoms with van der Waals surface area (Å²) in [5, 5.41) is 13.4. The topological polar surface area (TPSA) is 136 Å². The zero-order valence-corrected chi connectivity index (χ0v) is 15.7. The van der Waals surface area contributed by atoms with Gasteiger partial charge in [-0.2, -0.15) is 0 Å². The van der Waals surface area contributed by atoms with Crippen LogP contribution in [0.5, 0.6) is 0 Å². The third-order valence-corrected chi connectivity index (χ3v) is 4.17. The molecule has 3 rings (SSSR count). The van der Waals surface area contributed by atoms with Gasteiger partial charge in [-0.1, -0.05) is 12.1 Å². The van der Waals surface area contributed by atoms with Gasteiger partial charge in [0.2, 0.25) is 0 Å². The zero-order valence-electron chi connectivity index (χ0n) is 15.7. The number of imide groups is 1. The number of aryl methyl sites for hydroxylation is 1. The number of anilines is 2. The van der Waals surface area contributed by atoms with E-state index in [0.29, 0.717) is 5.56 Å². The molecule has 152 valence electrons. The van der Waals surface area contributed by atoms with Crippen LogP contribution in [-0.4, -0.2) is 35.2 Å². The predicted molar refractivity (Wildman–Crippen MR) is 105 cm³/mol. The van der Waals surface area contributed by atoms with Gasteiger partial charge in [-0.05, 0) is 31.2 Å². The van der Waals surface area contributed by atoms with Crippen LogP contribution >= 0.6 is 0 Å². The van der Waals surface area contributed by atoms with Gasteiger partial charge >= 0.3 is 5.97 Å². The van der Waals surface area contributed by atoms with Gasteiger partial charge in [0.05, 0.1) is 16.2 Å². The summed E-state index contributed by atoms with van der Waals surface area (Å²) in [6.45, 7) is 0.937. The van der Waals surface area contributed by atoms with Crippen LogP contribution < -0.4 is 10.2 Å². The first-order valence-electron chi connectivity index (χ1n) is 8.64. The van der Waals surface area contributed by atoms with E-state index in [1.54, 1.807) is 6.92 Å². The molecule has 0 bridgehead atoms. The van der Waals surface area contributed by atoms with Gasteiger partial charge in [0.15, 0.2) is 6.61 Å². The molecule has 3 amide bonds. The first kappa shape index (κ1) is 20.4. The van der Waals surface area contributed by atoms with Crippen LogP contribution in [-0.2, 0) is 19.1 Å². The molecule has 0 fully saturated rings. The van der Waals surface area contributed by atoms with Gasteiger partial charge in [-0.3, -0.25) is 24.5 Å². The molecule has 0 spiro atoms. The molecule has 0 radical (unpaired) electrons. The Labute approximate surface area is 169 Å². The Morgan fingerprint density at radius 2 is 1.80 bits per heavy atom. The zero-order chi connectivity index (χ0) is 21.8. The van der Waals surface area contributed by atoms with Crippen molar-refractivity contribution in [3.8, 4) is 0 Å². The average Bonchev–Trinajstić information content (AvgIpc) is 3.05. The number of esters is 1. The second-order valence-corrected chi connectivity index (χ2v) is 6.28. The lowest BCUT2D eigenvalue weighted by Crippen LogP contribution is -2.29. The lowest BCUT2D eigenvalue weighted by molar-refractivity contribution is -0.385. The Morgan fingerprint density at radius 1 is 1.10 bits per heavy atom. The molecule has 1 aliphatic heterocycles. The molecule has 1 N–H and O–H groups in total. The smallest absolute Gasteiger partial charge is 0.338 e. The van der Waals surface area contributed by atoms with E-state index in [4.69, 9.17) is 4.74 Å². The second kappa shape index (κ2) is 8.35. The highest BCUT2D eigenvalue weighted by molar-refractivity contribution is 6.28. The summed E-state index contributed by atoms with van der Waals surface area (Å²) >= 11 is 0. The number of carbonyl (C=O) groups excluding carboxylic acids is 4. The van der Waals surface area contributed by atoms with E-state index in [1.165, 1.54) is 42.5 Å². The van der Waals surface area contributed by atoms with Crippen molar-refractivity contribution in [2.24, 2.45) is 0 Å². The summed E-state index contributed by atoms with van der Waals surface area (Å²) in [6.07, 6.45) is 2.24. The molecule has 1 heterocycles. The SMILES string of the molecule is Cc1ccc(NC(=O)COC(=O)c2cccc(N3C(=O)C=CC3=O)c2)cc1[N+](=O)[O-]. The minimum Gasteiger partial charge on any atom is -0.452 e. The number of nitro benzene ring substituents is 1. The molecule has 2 aromatic rings. The summed E-state index contributed by atoms with van der Waals surface area (Å²) in [5.74, 6) is -2.59. The lowest BCUT2D eigenvalue weighted by atomic mass is 10.2. The van der Waals surface area contributed by atoms with Gasteiger partial charge in [0, 0.05) is 29.5 Å². The van der Waals surface area contributed by atoms with Gasteiger partial charge < -0.3 is 10.1 Å². The minimum absolute atomic E-state index is 0.0405. The highest BCUT2D eigenvalue weighted by atomic mass is 16.6. The summed E-state index contributed by atoms with van der Waals surface area (Å²) in [5.41, 5.74) is 0.713. The van der Waals surface area contributed by atoms with E-state index in [0.717, 1.165) is 17.1 Å². The van der Waals surface area contributed by atoms with Crippen molar-refractivity contribution in [1.29, 1.82) is 0 Å². The quantitative estimate of drug-likeness (QED) is 0.334. The molecular weight excluding hydrogens is 394 g/mol. The largest absolute Gasteiger partial charge is 0.452 e. The first-order valence-corrected chi connectivity index (χ1v) is 8.64. The Hall–Kier alpha value is -4.34. The van der Waals surface area contributed by atoms with E-state index in [2.05, 4.69) is 5.32 Å². The molecule has 0 atom stereocenters. The number of benzene rings is 2. The van der Waals surface area contributed by atoms with Crippen LogP contribution in [0.2, 0.25) is 0 Å². The molecule has 0 aliphatic carbocycles. The second-order valence-electron chi connectivity index (χ2n) is 6.28. The molecule has 0 aromatic heterocycles. The van der Waals surface area contributed by atoms with Crippen molar-refractivity contribution in [3.05, 3.63) is 75.9 Å². The number of nitro groups is 1. The summed E-state index contributed by atoms with van der Waals surface area (Å²) in [4.78, 5) is 59.0. The maximum absolute atomic E-state index is 12.2. The minimum atomic E-state index is -0.839. The number of ether oxygens (including phenoxy) is 1. The van der Waals surface area contributed by atoms with Crippen molar-refractivity contribution >= 4 is 40.8 Å². The number of nitrogens with one attached hydrogen (secondary N) is 1. The van der Waals surface area contributed by atoms with Crippen LogP contribution in [0.15, 0.2) is 54.6 Å². The van der Waals surface area contributed by atoms with Gasteiger partial charge in [-0.15, -0.1) is 0 Å².